The number of halogens is 1. The molecule has 1 atom stereocenters. The molecule has 0 bridgehead atoms. The summed E-state index contributed by atoms with van der Waals surface area (Å²) < 4.78 is 0. The van der Waals surface area contributed by atoms with Gasteiger partial charge in [-0.2, -0.15) is 0 Å². The predicted molar refractivity (Wildman–Crippen MR) is 75.7 cm³/mol. The Hall–Kier alpha value is -1.06. The minimum Gasteiger partial charge on any atom is -0.355 e. The van der Waals surface area contributed by atoms with Gasteiger partial charge in [0.25, 0.3) is 0 Å². The Bertz CT molecular complexity index is 393. The fourth-order valence-electron chi connectivity index (χ4n) is 1.77. The van der Waals surface area contributed by atoms with Gasteiger partial charge in [-0.1, -0.05) is 37.6 Å². The average Bonchev–Trinajstić information content (AvgIpc) is 2.33. The second-order valence-corrected chi connectivity index (χ2v) is 5.26. The Labute approximate surface area is 114 Å². The van der Waals surface area contributed by atoms with Crippen LogP contribution in [0, 0.1) is 5.92 Å². The highest BCUT2D eigenvalue weighted by atomic mass is 35.5. The van der Waals surface area contributed by atoms with Crippen molar-refractivity contribution >= 4 is 17.5 Å². The molecular formula is C14H21ClN2O. The summed E-state index contributed by atoms with van der Waals surface area (Å²) in [5.41, 5.74) is 6.51. The van der Waals surface area contributed by atoms with Gasteiger partial charge in [0.2, 0.25) is 5.91 Å². The average molecular weight is 269 g/mol. The van der Waals surface area contributed by atoms with E-state index in [1.54, 1.807) is 6.07 Å². The standard InChI is InChI=1S/C14H21ClN2O/c1-10(2)9-17-14(18)13(6-7-16)11-4-3-5-12(15)8-11/h3-5,8,10,13H,6-7,9,16H2,1-2H3,(H,17,18). The molecule has 3 N–H and O–H groups in total. The maximum absolute atomic E-state index is 12.1. The van der Waals surface area contributed by atoms with E-state index in [4.69, 9.17) is 17.3 Å². The van der Waals surface area contributed by atoms with Gasteiger partial charge < -0.3 is 11.1 Å². The molecule has 1 rings (SSSR count). The zero-order valence-electron chi connectivity index (χ0n) is 10.9. The van der Waals surface area contributed by atoms with Crippen molar-refractivity contribution in [3.05, 3.63) is 34.9 Å². The van der Waals surface area contributed by atoms with Crippen molar-refractivity contribution < 1.29 is 4.79 Å². The van der Waals surface area contributed by atoms with Crippen molar-refractivity contribution in [3.63, 3.8) is 0 Å². The molecule has 1 unspecified atom stereocenters. The van der Waals surface area contributed by atoms with Gasteiger partial charge in [0, 0.05) is 11.6 Å². The smallest absolute Gasteiger partial charge is 0.227 e. The van der Waals surface area contributed by atoms with E-state index in [0.29, 0.717) is 30.5 Å². The van der Waals surface area contributed by atoms with Crippen LogP contribution in [0.3, 0.4) is 0 Å². The molecule has 100 valence electrons. The number of benzene rings is 1. The molecule has 1 aromatic carbocycles. The van der Waals surface area contributed by atoms with E-state index in [9.17, 15) is 4.79 Å². The van der Waals surface area contributed by atoms with Crippen LogP contribution >= 0.6 is 11.6 Å². The van der Waals surface area contributed by atoms with Crippen LogP contribution in [0.2, 0.25) is 5.02 Å². The van der Waals surface area contributed by atoms with Crippen LogP contribution in [0.5, 0.6) is 0 Å². The first kappa shape index (κ1) is 15.0. The van der Waals surface area contributed by atoms with Gasteiger partial charge in [0.1, 0.15) is 0 Å². The van der Waals surface area contributed by atoms with E-state index in [2.05, 4.69) is 19.2 Å². The van der Waals surface area contributed by atoms with Crippen molar-refractivity contribution in [2.75, 3.05) is 13.1 Å². The SMILES string of the molecule is CC(C)CNC(=O)C(CCN)c1cccc(Cl)c1. The molecule has 0 saturated heterocycles. The first-order valence-electron chi connectivity index (χ1n) is 6.27. The van der Waals surface area contributed by atoms with Crippen LogP contribution in [0.25, 0.3) is 0 Å². The Balaban J connectivity index is 2.78. The van der Waals surface area contributed by atoms with Crippen molar-refractivity contribution in [1.82, 2.24) is 5.32 Å². The topological polar surface area (TPSA) is 55.1 Å². The van der Waals surface area contributed by atoms with Gasteiger partial charge in [0.15, 0.2) is 0 Å². The lowest BCUT2D eigenvalue weighted by Gasteiger charge is -2.17. The molecule has 0 aliphatic carbocycles. The number of hydrogen-bond acceptors (Lipinski definition) is 2. The van der Waals surface area contributed by atoms with Crippen LogP contribution in [-0.2, 0) is 4.79 Å². The molecule has 0 aromatic heterocycles. The second kappa shape index (κ2) is 7.39. The highest BCUT2D eigenvalue weighted by Crippen LogP contribution is 2.22. The van der Waals surface area contributed by atoms with Crippen molar-refractivity contribution in [2.45, 2.75) is 26.2 Å². The zero-order chi connectivity index (χ0) is 13.5. The summed E-state index contributed by atoms with van der Waals surface area (Å²) in [6.45, 7) is 5.29. The van der Waals surface area contributed by atoms with Crippen LogP contribution in [0.4, 0.5) is 0 Å². The summed E-state index contributed by atoms with van der Waals surface area (Å²) in [5, 5.41) is 3.59. The maximum atomic E-state index is 12.1. The largest absolute Gasteiger partial charge is 0.355 e. The van der Waals surface area contributed by atoms with Gasteiger partial charge >= 0.3 is 0 Å². The molecule has 0 aliphatic heterocycles. The molecule has 4 heteroatoms. The summed E-state index contributed by atoms with van der Waals surface area (Å²) in [4.78, 5) is 12.1. The van der Waals surface area contributed by atoms with Crippen molar-refractivity contribution in [1.29, 1.82) is 0 Å². The summed E-state index contributed by atoms with van der Waals surface area (Å²) in [6.07, 6.45) is 0.629. The number of rotatable bonds is 6. The molecular weight excluding hydrogens is 248 g/mol. The van der Waals surface area contributed by atoms with Crippen molar-refractivity contribution in [3.8, 4) is 0 Å². The van der Waals surface area contributed by atoms with Gasteiger partial charge in [-0.25, -0.2) is 0 Å². The molecule has 1 aromatic rings. The molecule has 0 heterocycles. The van der Waals surface area contributed by atoms with Crippen molar-refractivity contribution in [2.24, 2.45) is 11.7 Å². The Morgan fingerprint density at radius 3 is 2.72 bits per heavy atom. The monoisotopic (exact) mass is 268 g/mol. The lowest BCUT2D eigenvalue weighted by atomic mass is 9.94. The number of hydrogen-bond donors (Lipinski definition) is 2. The second-order valence-electron chi connectivity index (χ2n) is 4.82. The van der Waals surface area contributed by atoms with E-state index in [0.717, 1.165) is 5.56 Å². The zero-order valence-corrected chi connectivity index (χ0v) is 11.7. The van der Waals surface area contributed by atoms with Gasteiger partial charge in [-0.3, -0.25) is 4.79 Å². The fraction of sp³-hybridized carbons (Fsp3) is 0.500. The first-order chi connectivity index (χ1) is 8.54. The van der Waals surface area contributed by atoms with E-state index in [-0.39, 0.29) is 11.8 Å². The van der Waals surface area contributed by atoms with Crippen LogP contribution in [0.15, 0.2) is 24.3 Å². The lowest BCUT2D eigenvalue weighted by molar-refractivity contribution is -0.122. The van der Waals surface area contributed by atoms with Crippen LogP contribution in [0.1, 0.15) is 31.7 Å². The number of nitrogens with one attached hydrogen (secondary N) is 1. The highest BCUT2D eigenvalue weighted by Gasteiger charge is 2.19. The summed E-state index contributed by atoms with van der Waals surface area (Å²) in [5.74, 6) is 0.246. The molecule has 0 fully saturated rings. The fourth-order valence-corrected chi connectivity index (χ4v) is 1.97. The quantitative estimate of drug-likeness (QED) is 0.833. The van der Waals surface area contributed by atoms with E-state index in [1.807, 2.05) is 18.2 Å². The van der Waals surface area contributed by atoms with Gasteiger partial charge in [0.05, 0.1) is 5.92 Å². The maximum Gasteiger partial charge on any atom is 0.227 e. The normalized spacial score (nSPS) is 12.5. The molecule has 0 radical (unpaired) electrons. The molecule has 18 heavy (non-hydrogen) atoms. The Kier molecular flexibility index (Phi) is 6.16. The third-order valence-corrected chi connectivity index (χ3v) is 2.94. The number of carbonyl (C=O) groups is 1. The summed E-state index contributed by atoms with van der Waals surface area (Å²) in [6, 6.07) is 7.41. The Morgan fingerprint density at radius 1 is 1.44 bits per heavy atom. The van der Waals surface area contributed by atoms with Crippen LogP contribution in [-0.4, -0.2) is 19.0 Å². The van der Waals surface area contributed by atoms with E-state index >= 15 is 0 Å². The van der Waals surface area contributed by atoms with Gasteiger partial charge in [-0.05, 0) is 36.6 Å². The molecule has 1 amide bonds. The minimum atomic E-state index is -0.215. The number of amides is 1. The lowest BCUT2D eigenvalue weighted by Crippen LogP contribution is -2.33. The third-order valence-electron chi connectivity index (χ3n) is 2.71. The third kappa shape index (κ3) is 4.67. The molecule has 3 nitrogen and oxygen atoms in total. The first-order valence-corrected chi connectivity index (χ1v) is 6.65. The predicted octanol–water partition coefficient (Wildman–Crippen LogP) is 2.54. The summed E-state index contributed by atoms with van der Waals surface area (Å²) >= 11 is 5.96. The minimum absolute atomic E-state index is 0.0245. The van der Waals surface area contributed by atoms with E-state index in [1.165, 1.54) is 0 Å². The Morgan fingerprint density at radius 2 is 2.17 bits per heavy atom. The molecule has 0 spiro atoms. The van der Waals surface area contributed by atoms with E-state index < -0.39 is 0 Å². The molecule has 0 saturated carbocycles. The van der Waals surface area contributed by atoms with Crippen LogP contribution < -0.4 is 11.1 Å². The summed E-state index contributed by atoms with van der Waals surface area (Å²) in [7, 11) is 0. The highest BCUT2D eigenvalue weighted by molar-refractivity contribution is 6.30. The number of carbonyl (C=O) groups excluding carboxylic acids is 1. The van der Waals surface area contributed by atoms with Gasteiger partial charge in [-0.15, -0.1) is 0 Å². The molecule has 0 aliphatic rings. The number of nitrogens with two attached hydrogens (primary N) is 1.